The van der Waals surface area contributed by atoms with Gasteiger partial charge >= 0.3 is 12.3 Å². The Balaban J connectivity index is 1.11. The third-order valence-corrected chi connectivity index (χ3v) is 9.14. The van der Waals surface area contributed by atoms with E-state index in [4.69, 9.17) is 14.2 Å². The first-order valence-electron chi connectivity index (χ1n) is 14.1. The third kappa shape index (κ3) is 4.89. The molecule has 0 unspecified atom stereocenters. The second-order valence-corrected chi connectivity index (χ2v) is 11.7. The van der Waals surface area contributed by atoms with Crippen molar-refractivity contribution in [1.82, 2.24) is 15.1 Å². The molecule has 0 radical (unpaired) electrons. The molecule has 1 N–H and O–H groups in total. The van der Waals surface area contributed by atoms with Crippen LogP contribution in [0.15, 0.2) is 53.2 Å². The minimum atomic E-state index is -4.83. The molecule has 0 aliphatic heterocycles. The summed E-state index contributed by atoms with van der Waals surface area (Å²) >= 11 is 0. The first-order valence-corrected chi connectivity index (χ1v) is 14.1. The van der Waals surface area contributed by atoms with E-state index in [0.717, 1.165) is 62.7 Å². The summed E-state index contributed by atoms with van der Waals surface area (Å²) in [4.78, 5) is 20.8. The van der Waals surface area contributed by atoms with Crippen LogP contribution in [0.2, 0.25) is 0 Å². The maximum absolute atomic E-state index is 13.1. The molecule has 4 saturated carbocycles. The van der Waals surface area contributed by atoms with Gasteiger partial charge in [0.1, 0.15) is 23.0 Å². The number of ether oxygens (including phenoxy) is 2. The number of para-hydroxylation sites is 1. The summed E-state index contributed by atoms with van der Waals surface area (Å²) in [6.07, 6.45) is 3.72. The van der Waals surface area contributed by atoms with Gasteiger partial charge in [0, 0.05) is 34.0 Å². The first kappa shape index (κ1) is 26.9. The quantitative estimate of drug-likeness (QED) is 0.231. The maximum Gasteiger partial charge on any atom is 0.573 e. The zero-order chi connectivity index (χ0) is 29.1. The standard InChI is InChI=1S/C31H28F3N3O5/c32-31(33,34)41-24-4-2-1-3-21(24)25-22(26(42-37-25)18-5-6-18)17-40-30-12-9-29(10-13-30,11-14-30)28-35-16-20-15-19(27(38)39)7-8-23(20)36-28/h1-4,7-8,15-16,18H,5-6,9-14,17H2,(H,38,39). The number of aromatic nitrogens is 3. The SMILES string of the molecule is O=C(O)c1ccc2nc(C34CCC(OCc5c(-c6ccccc6OC(F)(F)F)noc5C5CC5)(CC3)CC4)ncc2c1. The number of hydrogen-bond acceptors (Lipinski definition) is 7. The molecule has 0 spiro atoms. The molecule has 11 heteroatoms. The van der Waals surface area contributed by atoms with Gasteiger partial charge in [-0.15, -0.1) is 13.2 Å². The Morgan fingerprint density at radius 3 is 2.48 bits per heavy atom. The molecule has 42 heavy (non-hydrogen) atoms. The molecule has 2 aromatic carbocycles. The van der Waals surface area contributed by atoms with E-state index in [1.807, 2.05) is 0 Å². The van der Waals surface area contributed by atoms with Gasteiger partial charge in [-0.2, -0.15) is 0 Å². The van der Waals surface area contributed by atoms with Crippen LogP contribution >= 0.6 is 0 Å². The molecular formula is C31H28F3N3O5. The summed E-state index contributed by atoms with van der Waals surface area (Å²) in [5, 5.41) is 14.2. The van der Waals surface area contributed by atoms with Crippen molar-refractivity contribution in [3.05, 3.63) is 71.4 Å². The minimum Gasteiger partial charge on any atom is -0.478 e. The average Bonchev–Trinajstić information content (AvgIpc) is 3.75. The largest absolute Gasteiger partial charge is 0.573 e. The molecule has 4 aromatic rings. The Kier molecular flexibility index (Phi) is 6.27. The zero-order valence-electron chi connectivity index (χ0n) is 22.6. The molecule has 4 fully saturated rings. The van der Waals surface area contributed by atoms with Gasteiger partial charge in [0.05, 0.1) is 23.3 Å². The van der Waals surface area contributed by atoms with E-state index < -0.39 is 12.3 Å². The van der Waals surface area contributed by atoms with Gasteiger partial charge in [-0.25, -0.2) is 14.8 Å². The number of halogens is 3. The van der Waals surface area contributed by atoms with Crippen LogP contribution in [0.4, 0.5) is 13.2 Å². The Hall–Kier alpha value is -3.99. The fourth-order valence-electron chi connectivity index (χ4n) is 6.57. The number of carboxylic acids is 1. The number of nitrogens with zero attached hydrogens (tertiary/aromatic N) is 3. The first-order chi connectivity index (χ1) is 20.1. The molecule has 218 valence electrons. The molecule has 2 bridgehead atoms. The highest BCUT2D eigenvalue weighted by molar-refractivity contribution is 5.93. The van der Waals surface area contributed by atoms with E-state index in [1.165, 1.54) is 12.1 Å². The van der Waals surface area contributed by atoms with E-state index in [1.54, 1.807) is 36.5 Å². The van der Waals surface area contributed by atoms with Crippen molar-refractivity contribution in [2.45, 2.75) is 81.3 Å². The third-order valence-electron chi connectivity index (χ3n) is 9.14. The van der Waals surface area contributed by atoms with Gasteiger partial charge in [-0.3, -0.25) is 0 Å². The number of benzene rings is 2. The number of carbonyl (C=O) groups is 1. The number of carboxylic acid groups (broad SMARTS) is 1. The van der Waals surface area contributed by atoms with Crippen LogP contribution in [0.3, 0.4) is 0 Å². The lowest BCUT2D eigenvalue weighted by Crippen LogP contribution is -2.50. The lowest BCUT2D eigenvalue weighted by Gasteiger charge is -2.52. The lowest BCUT2D eigenvalue weighted by atomic mass is 9.58. The highest BCUT2D eigenvalue weighted by Crippen LogP contribution is 2.55. The van der Waals surface area contributed by atoms with Gasteiger partial charge < -0.3 is 19.1 Å². The van der Waals surface area contributed by atoms with E-state index in [9.17, 15) is 23.1 Å². The van der Waals surface area contributed by atoms with E-state index in [0.29, 0.717) is 22.4 Å². The lowest BCUT2D eigenvalue weighted by molar-refractivity contribution is -0.274. The monoisotopic (exact) mass is 579 g/mol. The highest BCUT2D eigenvalue weighted by atomic mass is 19.4. The Labute approximate surface area is 238 Å². The Morgan fingerprint density at radius 2 is 1.79 bits per heavy atom. The fourth-order valence-corrected chi connectivity index (χ4v) is 6.57. The molecule has 2 aromatic heterocycles. The molecule has 4 aliphatic rings. The van der Waals surface area contributed by atoms with Crippen LogP contribution in [0.5, 0.6) is 5.75 Å². The van der Waals surface area contributed by atoms with Gasteiger partial charge in [0.25, 0.3) is 0 Å². The second-order valence-electron chi connectivity index (χ2n) is 11.7. The predicted molar refractivity (Wildman–Crippen MR) is 144 cm³/mol. The summed E-state index contributed by atoms with van der Waals surface area (Å²) in [5.74, 6) is 0.344. The van der Waals surface area contributed by atoms with Crippen molar-refractivity contribution >= 4 is 16.9 Å². The number of alkyl halides is 3. The zero-order valence-corrected chi connectivity index (χ0v) is 22.6. The fraction of sp³-hybridized carbons (Fsp3) is 0.419. The highest BCUT2D eigenvalue weighted by Gasteiger charge is 2.52. The van der Waals surface area contributed by atoms with Crippen molar-refractivity contribution in [1.29, 1.82) is 0 Å². The number of hydrogen-bond donors (Lipinski definition) is 1. The second kappa shape index (κ2) is 9.79. The Bertz CT molecular complexity index is 1660. The van der Waals surface area contributed by atoms with Crippen LogP contribution < -0.4 is 4.74 Å². The molecule has 4 aliphatic carbocycles. The normalized spacial score (nSPS) is 23.8. The van der Waals surface area contributed by atoms with E-state index in [-0.39, 0.29) is 40.4 Å². The molecule has 2 heterocycles. The number of aromatic carboxylic acids is 1. The predicted octanol–water partition coefficient (Wildman–Crippen LogP) is 7.32. The topological polar surface area (TPSA) is 108 Å². The van der Waals surface area contributed by atoms with Crippen LogP contribution in [-0.2, 0) is 16.8 Å². The summed E-state index contributed by atoms with van der Waals surface area (Å²) in [7, 11) is 0. The van der Waals surface area contributed by atoms with Crippen molar-refractivity contribution < 1.29 is 37.1 Å². The molecule has 0 saturated heterocycles. The van der Waals surface area contributed by atoms with Crippen molar-refractivity contribution in [2.75, 3.05) is 0 Å². The van der Waals surface area contributed by atoms with E-state index in [2.05, 4.69) is 14.9 Å². The summed E-state index contributed by atoms with van der Waals surface area (Å²) in [5.41, 5.74) is 1.63. The van der Waals surface area contributed by atoms with Crippen LogP contribution in [0.25, 0.3) is 22.2 Å². The van der Waals surface area contributed by atoms with Crippen LogP contribution in [0, 0.1) is 0 Å². The van der Waals surface area contributed by atoms with Gasteiger partial charge in [-0.05, 0) is 81.7 Å². The molecule has 8 rings (SSSR count). The summed E-state index contributed by atoms with van der Waals surface area (Å²) in [6.45, 7) is 0.191. The molecular weight excluding hydrogens is 551 g/mol. The van der Waals surface area contributed by atoms with E-state index >= 15 is 0 Å². The van der Waals surface area contributed by atoms with Gasteiger partial charge in [0.2, 0.25) is 0 Å². The van der Waals surface area contributed by atoms with Gasteiger partial charge in [-0.1, -0.05) is 17.3 Å². The summed E-state index contributed by atoms with van der Waals surface area (Å²) in [6, 6.07) is 10.8. The number of fused-ring (bicyclic) bond motifs is 4. The van der Waals surface area contributed by atoms with Gasteiger partial charge in [0.15, 0.2) is 0 Å². The van der Waals surface area contributed by atoms with Crippen LogP contribution in [-0.4, -0.2) is 38.2 Å². The summed E-state index contributed by atoms with van der Waals surface area (Å²) < 4.78 is 56.0. The minimum absolute atomic E-state index is 0.166. The molecule has 0 amide bonds. The number of rotatable bonds is 8. The van der Waals surface area contributed by atoms with Crippen molar-refractivity contribution in [3.63, 3.8) is 0 Å². The van der Waals surface area contributed by atoms with Crippen molar-refractivity contribution in [2.24, 2.45) is 0 Å². The maximum atomic E-state index is 13.1. The smallest absolute Gasteiger partial charge is 0.478 e. The Morgan fingerprint density at radius 1 is 1.05 bits per heavy atom. The molecule has 0 atom stereocenters. The average molecular weight is 580 g/mol. The molecule has 8 nitrogen and oxygen atoms in total. The van der Waals surface area contributed by atoms with Crippen molar-refractivity contribution in [3.8, 4) is 17.0 Å². The van der Waals surface area contributed by atoms with Crippen LogP contribution in [0.1, 0.15) is 84.8 Å².